The first-order chi connectivity index (χ1) is 9.58. The lowest BCUT2D eigenvalue weighted by Crippen LogP contribution is -2.23. The van der Waals surface area contributed by atoms with E-state index in [0.29, 0.717) is 6.61 Å². The summed E-state index contributed by atoms with van der Waals surface area (Å²) in [7, 11) is 1.70. The molecule has 2 aromatic rings. The van der Waals surface area contributed by atoms with Gasteiger partial charge < -0.3 is 14.6 Å². The molecule has 0 fully saturated rings. The quantitative estimate of drug-likeness (QED) is 0.888. The van der Waals surface area contributed by atoms with Gasteiger partial charge in [-0.05, 0) is 31.5 Å². The first-order valence-corrected chi connectivity index (χ1v) is 7.00. The van der Waals surface area contributed by atoms with Crippen LogP contribution in [0.25, 0.3) is 0 Å². The SMILES string of the molecule is COCC(C)Nc1nc(C)cn1Cc1ccc(Cl)cc1. The molecule has 0 saturated carbocycles. The minimum Gasteiger partial charge on any atom is -0.383 e. The molecule has 0 aliphatic heterocycles. The molecule has 1 unspecified atom stereocenters. The summed E-state index contributed by atoms with van der Waals surface area (Å²) in [6.45, 7) is 5.47. The van der Waals surface area contributed by atoms with Gasteiger partial charge in [-0.25, -0.2) is 4.98 Å². The Hall–Kier alpha value is -1.52. The Morgan fingerprint density at radius 2 is 2.05 bits per heavy atom. The minimum atomic E-state index is 0.214. The lowest BCUT2D eigenvalue weighted by molar-refractivity contribution is 0.190. The summed E-state index contributed by atoms with van der Waals surface area (Å²) in [5.74, 6) is 0.863. The van der Waals surface area contributed by atoms with Gasteiger partial charge in [0.25, 0.3) is 0 Å². The van der Waals surface area contributed by atoms with E-state index in [2.05, 4.69) is 21.8 Å². The standard InChI is InChI=1S/C15H20ClN3O/c1-11-8-19(9-13-4-6-14(16)7-5-13)15(17-11)18-12(2)10-20-3/h4-8,12H,9-10H2,1-3H3,(H,17,18). The van der Waals surface area contributed by atoms with Crippen molar-refractivity contribution in [1.29, 1.82) is 0 Å². The average Bonchev–Trinajstić information content (AvgIpc) is 2.72. The number of halogens is 1. The number of anilines is 1. The van der Waals surface area contributed by atoms with Gasteiger partial charge in [-0.15, -0.1) is 0 Å². The number of benzene rings is 1. The van der Waals surface area contributed by atoms with Crippen molar-refractivity contribution in [3.05, 3.63) is 46.7 Å². The predicted molar refractivity (Wildman–Crippen MR) is 82.5 cm³/mol. The highest BCUT2D eigenvalue weighted by atomic mass is 35.5. The van der Waals surface area contributed by atoms with Crippen LogP contribution in [0, 0.1) is 6.92 Å². The van der Waals surface area contributed by atoms with Crippen molar-refractivity contribution in [3.8, 4) is 0 Å². The van der Waals surface area contributed by atoms with Gasteiger partial charge in [0.2, 0.25) is 5.95 Å². The van der Waals surface area contributed by atoms with E-state index in [1.807, 2.05) is 37.4 Å². The van der Waals surface area contributed by atoms with E-state index in [0.717, 1.165) is 23.2 Å². The monoisotopic (exact) mass is 293 g/mol. The molecule has 1 heterocycles. The number of nitrogens with one attached hydrogen (secondary N) is 1. The van der Waals surface area contributed by atoms with Crippen LogP contribution in [0.4, 0.5) is 5.95 Å². The Morgan fingerprint density at radius 3 is 2.70 bits per heavy atom. The number of rotatable bonds is 6. The molecule has 0 aliphatic carbocycles. The molecule has 0 amide bonds. The zero-order valence-corrected chi connectivity index (χ0v) is 12.8. The number of hydrogen-bond donors (Lipinski definition) is 1. The third-order valence-electron chi connectivity index (χ3n) is 2.96. The second-order valence-electron chi connectivity index (χ2n) is 4.96. The number of aromatic nitrogens is 2. The van der Waals surface area contributed by atoms with Gasteiger partial charge in [-0.1, -0.05) is 23.7 Å². The molecule has 0 aliphatic rings. The van der Waals surface area contributed by atoms with Crippen molar-refractivity contribution in [1.82, 2.24) is 9.55 Å². The van der Waals surface area contributed by atoms with Crippen molar-refractivity contribution in [2.24, 2.45) is 0 Å². The van der Waals surface area contributed by atoms with Crippen LogP contribution >= 0.6 is 11.6 Å². The molecule has 0 saturated heterocycles. The number of aryl methyl sites for hydroxylation is 1. The Labute approximate surface area is 124 Å². The highest BCUT2D eigenvalue weighted by molar-refractivity contribution is 6.30. The molecule has 1 aromatic carbocycles. The predicted octanol–water partition coefficient (Wildman–Crippen LogP) is 3.34. The Kier molecular flexibility index (Phi) is 5.04. The van der Waals surface area contributed by atoms with Gasteiger partial charge >= 0.3 is 0 Å². The van der Waals surface area contributed by atoms with Gasteiger partial charge in [0.15, 0.2) is 0 Å². The van der Waals surface area contributed by atoms with E-state index in [-0.39, 0.29) is 6.04 Å². The van der Waals surface area contributed by atoms with Crippen LogP contribution in [0.5, 0.6) is 0 Å². The molecule has 5 heteroatoms. The largest absolute Gasteiger partial charge is 0.383 e. The summed E-state index contributed by atoms with van der Waals surface area (Å²) < 4.78 is 7.24. The van der Waals surface area contributed by atoms with Crippen molar-refractivity contribution in [2.45, 2.75) is 26.4 Å². The summed E-state index contributed by atoms with van der Waals surface area (Å²) in [5.41, 5.74) is 2.18. The molecule has 1 N–H and O–H groups in total. The fourth-order valence-electron chi connectivity index (χ4n) is 2.08. The fourth-order valence-corrected chi connectivity index (χ4v) is 2.21. The molecular formula is C15H20ClN3O. The summed E-state index contributed by atoms with van der Waals surface area (Å²) in [5, 5.41) is 4.12. The second-order valence-corrected chi connectivity index (χ2v) is 5.40. The summed E-state index contributed by atoms with van der Waals surface area (Å²) >= 11 is 5.91. The number of methoxy groups -OCH3 is 1. The zero-order chi connectivity index (χ0) is 14.5. The van der Waals surface area contributed by atoms with Crippen LogP contribution in [0.1, 0.15) is 18.2 Å². The van der Waals surface area contributed by atoms with Gasteiger partial charge in [0, 0.05) is 24.4 Å². The molecule has 1 aromatic heterocycles. The van der Waals surface area contributed by atoms with Crippen LogP contribution in [-0.2, 0) is 11.3 Å². The maximum absolute atomic E-state index is 5.91. The minimum absolute atomic E-state index is 0.214. The van der Waals surface area contributed by atoms with Crippen LogP contribution in [-0.4, -0.2) is 29.3 Å². The third-order valence-corrected chi connectivity index (χ3v) is 3.21. The van der Waals surface area contributed by atoms with Crippen LogP contribution < -0.4 is 5.32 Å². The average molecular weight is 294 g/mol. The molecule has 4 nitrogen and oxygen atoms in total. The first kappa shape index (κ1) is 14.9. The van der Waals surface area contributed by atoms with E-state index >= 15 is 0 Å². The number of hydrogen-bond acceptors (Lipinski definition) is 3. The highest BCUT2D eigenvalue weighted by Crippen LogP contribution is 2.15. The van der Waals surface area contributed by atoms with Crippen LogP contribution in [0.3, 0.4) is 0 Å². The molecule has 2 rings (SSSR count). The summed E-state index contributed by atoms with van der Waals surface area (Å²) in [6, 6.07) is 8.08. The normalized spacial score (nSPS) is 12.4. The maximum Gasteiger partial charge on any atom is 0.203 e. The van der Waals surface area contributed by atoms with Crippen molar-refractivity contribution in [3.63, 3.8) is 0 Å². The molecule has 0 spiro atoms. The number of nitrogens with zero attached hydrogens (tertiary/aromatic N) is 2. The van der Waals surface area contributed by atoms with Crippen LogP contribution in [0.15, 0.2) is 30.5 Å². The van der Waals surface area contributed by atoms with Crippen molar-refractivity contribution >= 4 is 17.5 Å². The molecule has 0 radical (unpaired) electrons. The van der Waals surface area contributed by atoms with Gasteiger partial charge in [-0.3, -0.25) is 0 Å². The van der Waals surface area contributed by atoms with E-state index < -0.39 is 0 Å². The first-order valence-electron chi connectivity index (χ1n) is 6.62. The van der Waals surface area contributed by atoms with Gasteiger partial charge in [0.1, 0.15) is 0 Å². The lowest BCUT2D eigenvalue weighted by atomic mass is 10.2. The molecule has 20 heavy (non-hydrogen) atoms. The van der Waals surface area contributed by atoms with Gasteiger partial charge in [-0.2, -0.15) is 0 Å². The molecule has 108 valence electrons. The maximum atomic E-state index is 5.91. The lowest BCUT2D eigenvalue weighted by Gasteiger charge is -2.15. The number of ether oxygens (including phenoxy) is 1. The van der Waals surface area contributed by atoms with Crippen molar-refractivity contribution in [2.75, 3.05) is 19.0 Å². The molecule has 0 bridgehead atoms. The van der Waals surface area contributed by atoms with Crippen molar-refractivity contribution < 1.29 is 4.74 Å². The van der Waals surface area contributed by atoms with Gasteiger partial charge in [0.05, 0.1) is 18.8 Å². The Bertz CT molecular complexity index is 551. The van der Waals surface area contributed by atoms with E-state index in [9.17, 15) is 0 Å². The fraction of sp³-hybridized carbons (Fsp3) is 0.400. The molecule has 1 atom stereocenters. The van der Waals surface area contributed by atoms with Crippen LogP contribution in [0.2, 0.25) is 5.02 Å². The van der Waals surface area contributed by atoms with E-state index in [1.165, 1.54) is 5.56 Å². The van der Waals surface area contributed by atoms with E-state index in [4.69, 9.17) is 16.3 Å². The highest BCUT2D eigenvalue weighted by Gasteiger charge is 2.09. The smallest absolute Gasteiger partial charge is 0.203 e. The third kappa shape index (κ3) is 3.99. The summed E-state index contributed by atoms with van der Waals surface area (Å²) in [6.07, 6.45) is 2.04. The van der Waals surface area contributed by atoms with E-state index in [1.54, 1.807) is 7.11 Å². The number of imidazole rings is 1. The second kappa shape index (κ2) is 6.77. The topological polar surface area (TPSA) is 39.1 Å². The Morgan fingerprint density at radius 1 is 1.35 bits per heavy atom. The molecular weight excluding hydrogens is 274 g/mol. The summed E-state index contributed by atoms with van der Waals surface area (Å²) in [4.78, 5) is 4.52. The zero-order valence-electron chi connectivity index (χ0n) is 12.1. The Balaban J connectivity index is 2.12.